The van der Waals surface area contributed by atoms with E-state index < -0.39 is 8.07 Å². The molecule has 23 heavy (non-hydrogen) atoms. The maximum Gasteiger partial charge on any atom is 0.0777 e. The van der Waals surface area contributed by atoms with Gasteiger partial charge in [0.15, 0.2) is 0 Å². The molecule has 0 N–H and O–H groups in total. The molecule has 1 aliphatic rings. The lowest BCUT2D eigenvalue weighted by atomic mass is 9.81. The Labute approximate surface area is 142 Å². The summed E-state index contributed by atoms with van der Waals surface area (Å²) in [6, 6.07) is 11.3. The van der Waals surface area contributed by atoms with Gasteiger partial charge in [0.05, 0.1) is 13.8 Å². The number of fused-ring (bicyclic) bond motifs is 1. The van der Waals surface area contributed by atoms with Crippen molar-refractivity contribution in [3.05, 3.63) is 47.7 Å². The predicted octanol–water partition coefficient (Wildman–Crippen LogP) is 5.25. The standard InChI is InChI=1S/C21H29NSi/c1-20(2)14-21(3,4)19-16(9-8-10-17(19)20)18-13-15(11-12-22-18)23(5,6)7/h8-13H,14H2,1-7H3. The summed E-state index contributed by atoms with van der Waals surface area (Å²) in [5, 5.41) is 1.48. The molecule has 0 aliphatic heterocycles. The first kappa shape index (κ1) is 16.4. The quantitative estimate of drug-likeness (QED) is 0.688. The molecule has 122 valence electrons. The Morgan fingerprint density at radius 3 is 2.30 bits per heavy atom. The number of nitrogens with zero attached hydrogens (tertiary/aromatic N) is 1. The molecule has 0 saturated carbocycles. The van der Waals surface area contributed by atoms with Crippen LogP contribution in [-0.4, -0.2) is 13.1 Å². The van der Waals surface area contributed by atoms with Gasteiger partial charge in [0.1, 0.15) is 0 Å². The van der Waals surface area contributed by atoms with Gasteiger partial charge in [0.25, 0.3) is 0 Å². The minimum Gasteiger partial charge on any atom is -0.256 e. The van der Waals surface area contributed by atoms with Crippen LogP contribution in [0.4, 0.5) is 0 Å². The SMILES string of the molecule is CC1(C)CC(C)(C)c2c(-c3cc([Si](C)(C)C)ccn3)cccc21. The van der Waals surface area contributed by atoms with Crippen LogP contribution in [0, 0.1) is 0 Å². The lowest BCUT2D eigenvalue weighted by Crippen LogP contribution is -2.37. The largest absolute Gasteiger partial charge is 0.256 e. The van der Waals surface area contributed by atoms with E-state index in [-0.39, 0.29) is 10.8 Å². The Morgan fingerprint density at radius 1 is 0.957 bits per heavy atom. The lowest BCUT2D eigenvalue weighted by molar-refractivity contribution is 0.403. The molecule has 0 fully saturated rings. The van der Waals surface area contributed by atoms with E-state index in [0.29, 0.717) is 0 Å². The van der Waals surface area contributed by atoms with Crippen LogP contribution in [0.25, 0.3) is 11.3 Å². The molecule has 0 amide bonds. The van der Waals surface area contributed by atoms with Gasteiger partial charge >= 0.3 is 0 Å². The van der Waals surface area contributed by atoms with Crippen LogP contribution in [0.2, 0.25) is 19.6 Å². The minimum absolute atomic E-state index is 0.201. The fourth-order valence-corrected chi connectivity index (χ4v) is 5.54. The van der Waals surface area contributed by atoms with Gasteiger partial charge in [0, 0.05) is 11.8 Å². The minimum atomic E-state index is -1.33. The smallest absolute Gasteiger partial charge is 0.0777 e. The van der Waals surface area contributed by atoms with Crippen molar-refractivity contribution in [3.8, 4) is 11.3 Å². The fourth-order valence-electron chi connectivity index (χ4n) is 4.39. The molecule has 1 nitrogen and oxygen atoms in total. The monoisotopic (exact) mass is 323 g/mol. The van der Waals surface area contributed by atoms with Crippen molar-refractivity contribution in [1.82, 2.24) is 4.98 Å². The van der Waals surface area contributed by atoms with Crippen LogP contribution in [0.5, 0.6) is 0 Å². The maximum atomic E-state index is 4.74. The van der Waals surface area contributed by atoms with Crippen molar-refractivity contribution < 1.29 is 0 Å². The molecule has 1 heterocycles. The lowest BCUT2D eigenvalue weighted by Gasteiger charge is -2.24. The zero-order valence-corrected chi connectivity index (χ0v) is 16.6. The topological polar surface area (TPSA) is 12.9 Å². The van der Waals surface area contributed by atoms with Crippen LogP contribution in [0.1, 0.15) is 45.2 Å². The Kier molecular flexibility index (Phi) is 3.60. The molecule has 0 spiro atoms. The van der Waals surface area contributed by atoms with Crippen molar-refractivity contribution in [1.29, 1.82) is 0 Å². The maximum absolute atomic E-state index is 4.74. The summed E-state index contributed by atoms with van der Waals surface area (Å²) >= 11 is 0. The highest BCUT2D eigenvalue weighted by Crippen LogP contribution is 2.52. The average molecular weight is 324 g/mol. The van der Waals surface area contributed by atoms with Crippen LogP contribution >= 0.6 is 0 Å². The highest BCUT2D eigenvalue weighted by molar-refractivity contribution is 6.88. The van der Waals surface area contributed by atoms with Gasteiger partial charge in [-0.3, -0.25) is 4.98 Å². The Hall–Kier alpha value is -1.41. The van der Waals surface area contributed by atoms with Crippen molar-refractivity contribution in [2.45, 2.75) is 64.6 Å². The number of hydrogen-bond donors (Lipinski definition) is 0. The number of rotatable bonds is 2. The van der Waals surface area contributed by atoms with Crippen LogP contribution < -0.4 is 5.19 Å². The van der Waals surface area contributed by atoms with E-state index in [2.05, 4.69) is 77.7 Å². The third-order valence-corrected chi connectivity index (χ3v) is 7.30. The molecular formula is C21H29NSi. The van der Waals surface area contributed by atoms with E-state index in [4.69, 9.17) is 4.98 Å². The summed E-state index contributed by atoms with van der Waals surface area (Å²) < 4.78 is 0. The molecule has 1 aromatic heterocycles. The molecule has 0 saturated heterocycles. The zero-order valence-electron chi connectivity index (χ0n) is 15.6. The first-order valence-electron chi connectivity index (χ1n) is 8.63. The van der Waals surface area contributed by atoms with E-state index in [1.54, 1.807) is 0 Å². The summed E-state index contributed by atoms with van der Waals surface area (Å²) in [6.45, 7) is 16.7. The van der Waals surface area contributed by atoms with Crippen LogP contribution in [0.15, 0.2) is 36.5 Å². The third-order valence-electron chi connectivity index (χ3n) is 5.26. The van der Waals surface area contributed by atoms with Crippen molar-refractivity contribution in [2.75, 3.05) is 0 Å². The summed E-state index contributed by atoms with van der Waals surface area (Å²) in [6.07, 6.45) is 3.19. The number of pyridine rings is 1. The molecule has 1 aromatic carbocycles. The highest BCUT2D eigenvalue weighted by Gasteiger charge is 2.43. The van der Waals surface area contributed by atoms with E-state index >= 15 is 0 Å². The average Bonchev–Trinajstić information content (AvgIpc) is 2.63. The summed E-state index contributed by atoms with van der Waals surface area (Å²) in [5.41, 5.74) is 5.92. The molecule has 1 aliphatic carbocycles. The van der Waals surface area contributed by atoms with Crippen molar-refractivity contribution >= 4 is 13.3 Å². The highest BCUT2D eigenvalue weighted by atomic mass is 28.3. The number of benzene rings is 1. The molecule has 0 unspecified atom stereocenters. The molecule has 0 radical (unpaired) electrons. The van der Waals surface area contributed by atoms with E-state index in [0.717, 1.165) is 5.69 Å². The molecule has 0 atom stereocenters. The Bertz CT molecular complexity index is 751. The van der Waals surface area contributed by atoms with E-state index in [1.165, 1.54) is 28.3 Å². The summed E-state index contributed by atoms with van der Waals surface area (Å²) in [4.78, 5) is 4.74. The molecule has 3 rings (SSSR count). The molecule has 0 bridgehead atoms. The molecule has 2 aromatic rings. The Morgan fingerprint density at radius 2 is 1.65 bits per heavy atom. The second-order valence-corrected chi connectivity index (χ2v) is 14.4. The summed E-state index contributed by atoms with van der Waals surface area (Å²) in [7, 11) is -1.33. The van der Waals surface area contributed by atoms with E-state index in [9.17, 15) is 0 Å². The van der Waals surface area contributed by atoms with E-state index in [1.807, 2.05) is 6.20 Å². The van der Waals surface area contributed by atoms with Gasteiger partial charge in [-0.05, 0) is 40.5 Å². The van der Waals surface area contributed by atoms with Gasteiger partial charge < -0.3 is 0 Å². The Balaban J connectivity index is 2.23. The van der Waals surface area contributed by atoms with Crippen molar-refractivity contribution in [3.63, 3.8) is 0 Å². The second-order valence-electron chi connectivity index (χ2n) is 9.35. The third kappa shape index (κ3) is 2.78. The van der Waals surface area contributed by atoms with Crippen LogP contribution in [0.3, 0.4) is 0 Å². The normalized spacial score (nSPS) is 18.7. The number of aromatic nitrogens is 1. The van der Waals surface area contributed by atoms with Gasteiger partial charge in [0.2, 0.25) is 0 Å². The van der Waals surface area contributed by atoms with Gasteiger partial charge in [-0.1, -0.05) is 70.7 Å². The first-order chi connectivity index (χ1) is 10.5. The van der Waals surface area contributed by atoms with Gasteiger partial charge in [-0.2, -0.15) is 0 Å². The fraction of sp³-hybridized carbons (Fsp3) is 0.476. The zero-order chi connectivity index (χ0) is 17.0. The molecule has 2 heteroatoms. The number of hydrogen-bond acceptors (Lipinski definition) is 1. The predicted molar refractivity (Wildman–Crippen MR) is 103 cm³/mol. The second kappa shape index (κ2) is 5.04. The van der Waals surface area contributed by atoms with Crippen LogP contribution in [-0.2, 0) is 10.8 Å². The summed E-state index contributed by atoms with van der Waals surface area (Å²) in [5.74, 6) is 0. The molecular weight excluding hydrogens is 294 g/mol. The van der Waals surface area contributed by atoms with Gasteiger partial charge in [-0.15, -0.1) is 0 Å². The first-order valence-corrected chi connectivity index (χ1v) is 12.1. The van der Waals surface area contributed by atoms with Gasteiger partial charge in [-0.25, -0.2) is 0 Å². The van der Waals surface area contributed by atoms with Crippen molar-refractivity contribution in [2.24, 2.45) is 0 Å².